The summed E-state index contributed by atoms with van der Waals surface area (Å²) >= 11 is 0. The first-order valence-corrected chi connectivity index (χ1v) is 10.6. The number of aryl methyl sites for hydroxylation is 1. The highest BCUT2D eigenvalue weighted by atomic mass is 16.5. The highest BCUT2D eigenvalue weighted by Crippen LogP contribution is 2.29. The molecule has 2 amide bonds. The molecule has 0 aliphatic rings. The molecule has 0 atom stereocenters. The van der Waals surface area contributed by atoms with Crippen molar-refractivity contribution in [1.29, 1.82) is 0 Å². The van der Waals surface area contributed by atoms with Gasteiger partial charge in [0.15, 0.2) is 17.2 Å². The predicted molar refractivity (Wildman–Crippen MR) is 126 cm³/mol. The van der Waals surface area contributed by atoms with Crippen LogP contribution >= 0.6 is 0 Å². The summed E-state index contributed by atoms with van der Waals surface area (Å²) in [5.41, 5.74) is 4.35. The van der Waals surface area contributed by atoms with E-state index in [2.05, 4.69) is 26.0 Å². The van der Waals surface area contributed by atoms with Gasteiger partial charge in [-0.1, -0.05) is 18.2 Å². The van der Waals surface area contributed by atoms with Gasteiger partial charge < -0.3 is 9.47 Å². The van der Waals surface area contributed by atoms with Gasteiger partial charge in [-0.2, -0.15) is 5.10 Å². The van der Waals surface area contributed by atoms with E-state index in [0.29, 0.717) is 39.6 Å². The monoisotopic (exact) mass is 478 g/mol. The minimum absolute atomic E-state index is 0.0265. The maximum absolute atomic E-state index is 12.8. The van der Waals surface area contributed by atoms with Crippen molar-refractivity contribution >= 4 is 33.5 Å². The average molecular weight is 478 g/mol. The summed E-state index contributed by atoms with van der Waals surface area (Å²) in [4.78, 5) is 53.6. The zero-order valence-corrected chi connectivity index (χ0v) is 19.0. The summed E-state index contributed by atoms with van der Waals surface area (Å²) in [7, 11) is 2.98. The number of amides is 2. The molecule has 2 heterocycles. The van der Waals surface area contributed by atoms with E-state index < -0.39 is 17.4 Å². The number of hydrogen-bond acceptors (Lipinski definition) is 8. The Labute approximate surface area is 197 Å². The van der Waals surface area contributed by atoms with Gasteiger partial charge in [0.05, 0.1) is 36.8 Å². The molecule has 3 N–H and O–H groups in total. The molecule has 0 spiro atoms. The Morgan fingerprint density at radius 3 is 2.46 bits per heavy atom. The summed E-state index contributed by atoms with van der Waals surface area (Å²) in [6.07, 6.45) is 1.77. The van der Waals surface area contributed by atoms with Gasteiger partial charge >= 0.3 is 0 Å². The Kier molecular flexibility index (Phi) is 6.71. The molecule has 0 radical (unpaired) electrons. The van der Waals surface area contributed by atoms with Gasteiger partial charge in [-0.3, -0.25) is 34.6 Å². The number of nitrogens with one attached hydrogen (secondary N) is 3. The molecule has 12 nitrogen and oxygen atoms in total. The van der Waals surface area contributed by atoms with Gasteiger partial charge in [0.2, 0.25) is 5.91 Å². The minimum atomic E-state index is -0.676. The van der Waals surface area contributed by atoms with Crippen LogP contribution in [0.25, 0.3) is 21.7 Å². The second-order valence-corrected chi connectivity index (χ2v) is 7.52. The molecule has 4 rings (SSSR count). The summed E-state index contributed by atoms with van der Waals surface area (Å²) < 4.78 is 11.9. The molecule has 0 aliphatic carbocycles. The Morgan fingerprint density at radius 2 is 1.71 bits per heavy atom. The van der Waals surface area contributed by atoms with Crippen molar-refractivity contribution in [2.45, 2.75) is 19.4 Å². The third-order valence-corrected chi connectivity index (χ3v) is 5.36. The van der Waals surface area contributed by atoms with Crippen LogP contribution in [0.1, 0.15) is 23.3 Å². The summed E-state index contributed by atoms with van der Waals surface area (Å²) in [6, 6.07) is 9.70. The third-order valence-electron chi connectivity index (χ3n) is 5.36. The summed E-state index contributed by atoms with van der Waals surface area (Å²) in [5.74, 6) is -0.254. The second-order valence-electron chi connectivity index (χ2n) is 7.52. The van der Waals surface area contributed by atoms with E-state index in [0.717, 1.165) is 0 Å². The van der Waals surface area contributed by atoms with Crippen LogP contribution in [0.15, 0.2) is 52.3 Å². The van der Waals surface area contributed by atoms with E-state index in [-0.39, 0.29) is 24.2 Å². The summed E-state index contributed by atoms with van der Waals surface area (Å²) in [6.45, 7) is 0.240. The van der Waals surface area contributed by atoms with Crippen LogP contribution in [0.3, 0.4) is 0 Å². The largest absolute Gasteiger partial charge is 0.493 e. The highest BCUT2D eigenvalue weighted by Gasteiger charge is 2.15. The molecule has 0 fully saturated rings. The average Bonchev–Trinajstić information content (AvgIpc) is 2.88. The minimum Gasteiger partial charge on any atom is -0.493 e. The topological polar surface area (TPSA) is 157 Å². The van der Waals surface area contributed by atoms with E-state index in [1.165, 1.54) is 25.1 Å². The zero-order valence-electron chi connectivity index (χ0n) is 19.0. The molecule has 180 valence electrons. The Hall–Kier alpha value is -4.74. The molecule has 0 bridgehead atoms. The zero-order chi connectivity index (χ0) is 24.9. The van der Waals surface area contributed by atoms with Gasteiger partial charge in [-0.15, -0.1) is 0 Å². The number of rotatable bonds is 7. The van der Waals surface area contributed by atoms with E-state index in [9.17, 15) is 19.2 Å². The normalized spacial score (nSPS) is 10.8. The smallest absolute Gasteiger partial charge is 0.290 e. The van der Waals surface area contributed by atoms with Gasteiger partial charge in [-0.05, 0) is 18.6 Å². The number of hydrogen-bond donors (Lipinski definition) is 3. The van der Waals surface area contributed by atoms with Crippen LogP contribution in [0.2, 0.25) is 0 Å². The number of ether oxygens (including phenoxy) is 2. The number of aromatic amines is 1. The number of carbonyl (C=O) groups is 2. The molecule has 0 saturated carbocycles. The van der Waals surface area contributed by atoms with Gasteiger partial charge in [0.1, 0.15) is 0 Å². The summed E-state index contributed by atoms with van der Waals surface area (Å²) in [5, 5.41) is 7.08. The van der Waals surface area contributed by atoms with Crippen LogP contribution in [0, 0.1) is 0 Å². The van der Waals surface area contributed by atoms with Crippen molar-refractivity contribution in [1.82, 2.24) is 30.6 Å². The quantitative estimate of drug-likeness (QED) is 0.331. The van der Waals surface area contributed by atoms with Crippen LogP contribution in [0.4, 0.5) is 0 Å². The number of aromatic nitrogens is 4. The number of H-pyrrole nitrogens is 1. The molecular weight excluding hydrogens is 456 g/mol. The van der Waals surface area contributed by atoms with E-state index in [1.807, 2.05) is 0 Å². The number of carbonyl (C=O) groups excluding carboxylic acids is 2. The van der Waals surface area contributed by atoms with Gasteiger partial charge in [-0.25, -0.2) is 10.1 Å². The first kappa shape index (κ1) is 23.4. The van der Waals surface area contributed by atoms with E-state index in [1.54, 1.807) is 36.4 Å². The van der Waals surface area contributed by atoms with Crippen LogP contribution < -0.4 is 31.4 Å². The van der Waals surface area contributed by atoms with Gasteiger partial charge in [0, 0.05) is 24.4 Å². The Morgan fingerprint density at radius 1 is 1.00 bits per heavy atom. The van der Waals surface area contributed by atoms with E-state index in [4.69, 9.17) is 9.47 Å². The SMILES string of the molecule is COc1cc2ncn(CCCC(=O)NNC(=O)c3n[nH]c(=O)c4ccccc34)c(=O)c2cc1OC. The number of benzene rings is 2. The van der Waals surface area contributed by atoms with E-state index >= 15 is 0 Å². The highest BCUT2D eigenvalue weighted by molar-refractivity contribution is 6.05. The molecular formula is C23H22N6O6. The van der Waals surface area contributed by atoms with Crippen LogP contribution in [-0.4, -0.2) is 45.8 Å². The molecule has 0 unspecified atom stereocenters. The number of methoxy groups -OCH3 is 2. The predicted octanol–water partition coefficient (Wildman–Crippen LogP) is 0.892. The van der Waals surface area contributed by atoms with Gasteiger partial charge in [0.25, 0.3) is 17.0 Å². The molecule has 2 aromatic heterocycles. The number of nitrogens with zero attached hydrogens (tertiary/aromatic N) is 3. The fourth-order valence-electron chi connectivity index (χ4n) is 3.59. The van der Waals surface area contributed by atoms with Crippen molar-refractivity contribution in [2.24, 2.45) is 0 Å². The number of hydrazine groups is 1. The lowest BCUT2D eigenvalue weighted by atomic mass is 10.1. The molecule has 2 aromatic carbocycles. The molecule has 12 heteroatoms. The first-order valence-electron chi connectivity index (χ1n) is 10.6. The standard InChI is InChI=1S/C23H22N6O6/c1-34-17-10-15-16(11-18(17)35-2)24-12-29(23(15)33)9-5-8-19(30)25-28-22(32)20-13-6-3-4-7-14(13)21(31)27-26-20/h3-4,6-7,10-12H,5,8-9H2,1-2H3,(H,25,30)(H,27,31)(H,28,32). The fourth-order valence-corrected chi connectivity index (χ4v) is 3.59. The van der Waals surface area contributed by atoms with Crippen molar-refractivity contribution in [3.8, 4) is 11.5 Å². The molecule has 35 heavy (non-hydrogen) atoms. The van der Waals surface area contributed by atoms with Crippen molar-refractivity contribution in [2.75, 3.05) is 14.2 Å². The lowest BCUT2D eigenvalue weighted by Crippen LogP contribution is -2.42. The van der Waals surface area contributed by atoms with Crippen molar-refractivity contribution in [3.05, 3.63) is 69.1 Å². The second kappa shape index (κ2) is 10.0. The molecule has 0 saturated heterocycles. The fraction of sp³-hybridized carbons (Fsp3) is 0.217. The third kappa shape index (κ3) is 4.81. The van der Waals surface area contributed by atoms with Crippen molar-refractivity contribution in [3.63, 3.8) is 0 Å². The first-order chi connectivity index (χ1) is 16.9. The lowest BCUT2D eigenvalue weighted by molar-refractivity contribution is -0.122. The van der Waals surface area contributed by atoms with Crippen LogP contribution in [0.5, 0.6) is 11.5 Å². The molecule has 4 aromatic rings. The number of fused-ring (bicyclic) bond motifs is 2. The van der Waals surface area contributed by atoms with Crippen LogP contribution in [-0.2, 0) is 11.3 Å². The maximum atomic E-state index is 12.8. The van der Waals surface area contributed by atoms with Crippen molar-refractivity contribution < 1.29 is 19.1 Å². The lowest BCUT2D eigenvalue weighted by Gasteiger charge is -2.11. The Bertz CT molecular complexity index is 1540. The Balaban J connectivity index is 1.36. The maximum Gasteiger partial charge on any atom is 0.290 e. The molecule has 0 aliphatic heterocycles.